The van der Waals surface area contributed by atoms with Gasteiger partial charge in [-0.15, -0.1) is 0 Å². The zero-order chi connectivity index (χ0) is 10.4. The van der Waals surface area contributed by atoms with Crippen LogP contribution in [-0.2, 0) is 11.2 Å². The highest BCUT2D eigenvalue weighted by atomic mass is 16.5. The van der Waals surface area contributed by atoms with Crippen molar-refractivity contribution in [3.05, 3.63) is 29.8 Å². The van der Waals surface area contributed by atoms with Gasteiger partial charge in [0, 0.05) is 7.11 Å². The molecular weight excluding hydrogens is 176 g/mol. The molecule has 0 spiro atoms. The monoisotopic (exact) mass is 194 g/mol. The molecule has 0 saturated heterocycles. The van der Waals surface area contributed by atoms with Crippen LogP contribution in [0.4, 0.5) is 0 Å². The Morgan fingerprint density at radius 1 is 1.29 bits per heavy atom. The first kappa shape index (κ1) is 11.1. The van der Waals surface area contributed by atoms with Gasteiger partial charge in [-0.25, -0.2) is 0 Å². The molecule has 0 bridgehead atoms. The molecule has 0 aliphatic rings. The predicted octanol–water partition coefficient (Wildman–Crippen LogP) is 2.66. The lowest BCUT2D eigenvalue weighted by Crippen LogP contribution is -2.18. The summed E-state index contributed by atoms with van der Waals surface area (Å²) >= 11 is 0. The van der Waals surface area contributed by atoms with Gasteiger partial charge >= 0.3 is 0 Å². The molecule has 1 rings (SSSR count). The van der Waals surface area contributed by atoms with Crippen molar-refractivity contribution in [1.82, 2.24) is 0 Å². The summed E-state index contributed by atoms with van der Waals surface area (Å²) in [6.45, 7) is 4.76. The van der Waals surface area contributed by atoms with Gasteiger partial charge in [-0.3, -0.25) is 0 Å². The molecule has 0 amide bonds. The maximum Gasteiger partial charge on any atom is 0.123 e. The molecule has 0 saturated carbocycles. The molecule has 0 aliphatic heterocycles. The molecule has 0 aromatic heterocycles. The SMILES string of the molecule is CCc1ccccc1OC(C)COC. The van der Waals surface area contributed by atoms with Crippen LogP contribution in [0.25, 0.3) is 0 Å². The highest BCUT2D eigenvalue weighted by Gasteiger charge is 2.05. The maximum absolute atomic E-state index is 5.75. The zero-order valence-corrected chi connectivity index (χ0v) is 9.12. The van der Waals surface area contributed by atoms with Crippen LogP contribution < -0.4 is 4.74 Å². The molecule has 0 N–H and O–H groups in total. The fraction of sp³-hybridized carbons (Fsp3) is 0.500. The van der Waals surface area contributed by atoms with Crippen LogP contribution in [0, 0.1) is 0 Å². The Labute approximate surface area is 85.8 Å². The normalized spacial score (nSPS) is 12.5. The number of para-hydroxylation sites is 1. The van der Waals surface area contributed by atoms with Gasteiger partial charge in [-0.1, -0.05) is 25.1 Å². The van der Waals surface area contributed by atoms with E-state index >= 15 is 0 Å². The van der Waals surface area contributed by atoms with E-state index in [1.807, 2.05) is 25.1 Å². The van der Waals surface area contributed by atoms with E-state index in [0.717, 1.165) is 12.2 Å². The summed E-state index contributed by atoms with van der Waals surface area (Å²) in [5.74, 6) is 0.972. The summed E-state index contributed by atoms with van der Waals surface area (Å²) in [6.07, 6.45) is 1.10. The van der Waals surface area contributed by atoms with E-state index in [1.54, 1.807) is 7.11 Å². The standard InChI is InChI=1S/C12H18O2/c1-4-11-7-5-6-8-12(11)14-10(2)9-13-3/h5-8,10H,4,9H2,1-3H3. The van der Waals surface area contributed by atoms with Crippen LogP contribution in [0.15, 0.2) is 24.3 Å². The number of ether oxygens (including phenoxy) is 2. The molecule has 0 aliphatic carbocycles. The van der Waals surface area contributed by atoms with Gasteiger partial charge < -0.3 is 9.47 Å². The van der Waals surface area contributed by atoms with Crippen LogP contribution in [0.5, 0.6) is 5.75 Å². The van der Waals surface area contributed by atoms with Crippen molar-refractivity contribution in [1.29, 1.82) is 0 Å². The first-order valence-corrected chi connectivity index (χ1v) is 5.01. The Bertz CT molecular complexity index is 271. The van der Waals surface area contributed by atoms with Gasteiger partial charge in [0.05, 0.1) is 6.61 Å². The fourth-order valence-electron chi connectivity index (χ4n) is 1.40. The molecule has 0 radical (unpaired) electrons. The Hall–Kier alpha value is -1.02. The van der Waals surface area contributed by atoms with E-state index in [-0.39, 0.29) is 6.10 Å². The summed E-state index contributed by atoms with van der Waals surface area (Å²) in [6, 6.07) is 8.13. The molecule has 1 aromatic carbocycles. The summed E-state index contributed by atoms with van der Waals surface area (Å²) in [5, 5.41) is 0. The van der Waals surface area contributed by atoms with Crippen molar-refractivity contribution in [2.24, 2.45) is 0 Å². The number of hydrogen-bond acceptors (Lipinski definition) is 2. The molecule has 1 aromatic rings. The van der Waals surface area contributed by atoms with Crippen molar-refractivity contribution in [2.75, 3.05) is 13.7 Å². The van der Waals surface area contributed by atoms with Gasteiger partial charge in [0.15, 0.2) is 0 Å². The molecule has 78 valence electrons. The van der Waals surface area contributed by atoms with Crippen molar-refractivity contribution < 1.29 is 9.47 Å². The second-order valence-electron chi connectivity index (χ2n) is 3.35. The summed E-state index contributed by atoms with van der Waals surface area (Å²) in [7, 11) is 1.69. The lowest BCUT2D eigenvalue weighted by atomic mass is 10.1. The van der Waals surface area contributed by atoms with E-state index in [2.05, 4.69) is 13.0 Å². The van der Waals surface area contributed by atoms with Crippen molar-refractivity contribution in [2.45, 2.75) is 26.4 Å². The summed E-state index contributed by atoms with van der Waals surface area (Å²) in [5.41, 5.74) is 1.25. The summed E-state index contributed by atoms with van der Waals surface area (Å²) in [4.78, 5) is 0. The van der Waals surface area contributed by atoms with Crippen molar-refractivity contribution in [3.63, 3.8) is 0 Å². The first-order chi connectivity index (χ1) is 6.77. The number of hydrogen-bond donors (Lipinski definition) is 0. The smallest absolute Gasteiger partial charge is 0.123 e. The van der Waals surface area contributed by atoms with Gasteiger partial charge in [0.1, 0.15) is 11.9 Å². The zero-order valence-electron chi connectivity index (χ0n) is 9.12. The maximum atomic E-state index is 5.75. The molecular formula is C12H18O2. The third-order valence-electron chi connectivity index (χ3n) is 2.08. The topological polar surface area (TPSA) is 18.5 Å². The summed E-state index contributed by atoms with van der Waals surface area (Å²) < 4.78 is 10.8. The molecule has 0 heterocycles. The molecule has 2 heteroatoms. The highest BCUT2D eigenvalue weighted by molar-refractivity contribution is 5.33. The van der Waals surface area contributed by atoms with Crippen molar-refractivity contribution in [3.8, 4) is 5.75 Å². The Morgan fingerprint density at radius 3 is 2.64 bits per heavy atom. The lowest BCUT2D eigenvalue weighted by molar-refractivity contribution is 0.0914. The third kappa shape index (κ3) is 3.04. The van der Waals surface area contributed by atoms with Gasteiger partial charge in [-0.2, -0.15) is 0 Å². The number of aryl methyl sites for hydroxylation is 1. The predicted molar refractivity (Wildman–Crippen MR) is 57.8 cm³/mol. The van der Waals surface area contributed by atoms with Crippen LogP contribution in [-0.4, -0.2) is 19.8 Å². The molecule has 1 unspecified atom stereocenters. The fourth-order valence-corrected chi connectivity index (χ4v) is 1.40. The second-order valence-corrected chi connectivity index (χ2v) is 3.35. The molecule has 1 atom stereocenters. The average Bonchev–Trinajstić information content (AvgIpc) is 2.19. The quantitative estimate of drug-likeness (QED) is 0.717. The largest absolute Gasteiger partial charge is 0.488 e. The molecule has 2 nitrogen and oxygen atoms in total. The number of methoxy groups -OCH3 is 1. The van der Waals surface area contributed by atoms with Crippen molar-refractivity contribution >= 4 is 0 Å². The third-order valence-corrected chi connectivity index (χ3v) is 2.08. The highest BCUT2D eigenvalue weighted by Crippen LogP contribution is 2.19. The Morgan fingerprint density at radius 2 is 2.00 bits per heavy atom. The molecule has 0 fully saturated rings. The van der Waals surface area contributed by atoms with Crippen LogP contribution in [0.1, 0.15) is 19.4 Å². The first-order valence-electron chi connectivity index (χ1n) is 5.01. The van der Waals surface area contributed by atoms with E-state index in [4.69, 9.17) is 9.47 Å². The minimum Gasteiger partial charge on any atom is -0.488 e. The average molecular weight is 194 g/mol. The minimum atomic E-state index is 0.104. The molecule has 14 heavy (non-hydrogen) atoms. The lowest BCUT2D eigenvalue weighted by Gasteiger charge is -2.16. The number of benzene rings is 1. The van der Waals surface area contributed by atoms with E-state index in [1.165, 1.54) is 5.56 Å². The van der Waals surface area contributed by atoms with Crippen LogP contribution in [0.2, 0.25) is 0 Å². The Kier molecular flexibility index (Phi) is 4.47. The van der Waals surface area contributed by atoms with Gasteiger partial charge in [0.2, 0.25) is 0 Å². The van der Waals surface area contributed by atoms with Crippen LogP contribution in [0.3, 0.4) is 0 Å². The van der Waals surface area contributed by atoms with Gasteiger partial charge in [-0.05, 0) is 25.0 Å². The van der Waals surface area contributed by atoms with Gasteiger partial charge in [0.25, 0.3) is 0 Å². The van der Waals surface area contributed by atoms with E-state index < -0.39 is 0 Å². The number of rotatable bonds is 5. The Balaban J connectivity index is 2.65. The minimum absolute atomic E-state index is 0.104. The van der Waals surface area contributed by atoms with Crippen LogP contribution >= 0.6 is 0 Å². The second kappa shape index (κ2) is 5.66. The van der Waals surface area contributed by atoms with E-state index in [9.17, 15) is 0 Å². The van der Waals surface area contributed by atoms with E-state index in [0.29, 0.717) is 6.61 Å².